The third-order valence-corrected chi connectivity index (χ3v) is 5.33. The molecule has 8 nitrogen and oxygen atoms in total. The van der Waals surface area contributed by atoms with Crippen molar-refractivity contribution in [2.45, 2.75) is 33.7 Å². The Morgan fingerprint density at radius 3 is 2.71 bits per heavy atom. The van der Waals surface area contributed by atoms with E-state index < -0.39 is 10.0 Å². The number of oxazole rings is 1. The lowest BCUT2D eigenvalue weighted by molar-refractivity contribution is 0.458. The molecule has 2 N–H and O–H groups in total. The Hall–Kier alpha value is -1.61. The molecule has 1 aromatic rings. The number of hydrogen-bond donors (Lipinski definition) is 2. The highest BCUT2D eigenvalue weighted by molar-refractivity contribution is 7.88. The van der Waals surface area contributed by atoms with Crippen LogP contribution in [-0.4, -0.2) is 56.1 Å². The van der Waals surface area contributed by atoms with Crippen LogP contribution >= 0.6 is 0 Å². The van der Waals surface area contributed by atoms with Crippen LogP contribution < -0.4 is 10.6 Å². The second kappa shape index (κ2) is 7.98. The molecule has 0 saturated carbocycles. The van der Waals surface area contributed by atoms with E-state index in [4.69, 9.17) is 4.42 Å². The van der Waals surface area contributed by atoms with Gasteiger partial charge in [0.1, 0.15) is 12.3 Å². The summed E-state index contributed by atoms with van der Waals surface area (Å²) in [5.74, 6) is 2.37. The molecule has 2 heterocycles. The lowest BCUT2D eigenvalue weighted by Crippen LogP contribution is -2.40. The molecule has 0 aromatic carbocycles. The summed E-state index contributed by atoms with van der Waals surface area (Å²) in [7, 11) is -3.09. The highest BCUT2D eigenvalue weighted by Gasteiger charge is 2.28. The van der Waals surface area contributed by atoms with Crippen LogP contribution in [0.15, 0.2) is 9.41 Å². The first-order valence-electron chi connectivity index (χ1n) is 8.19. The molecule has 1 aromatic heterocycles. The van der Waals surface area contributed by atoms with Crippen LogP contribution in [0.3, 0.4) is 0 Å². The standard InChI is InChI=1S/C15H27N5O3S/c1-5-16-15(18-9-14-19-11(2)12(3)23-14)17-8-13-6-7-20(10-13)24(4,21)22/h13H,5-10H2,1-4H3,(H2,16,17,18). The first kappa shape index (κ1) is 18.7. The van der Waals surface area contributed by atoms with Gasteiger partial charge in [-0.25, -0.2) is 22.7 Å². The minimum absolute atomic E-state index is 0.287. The Morgan fingerprint density at radius 2 is 2.17 bits per heavy atom. The quantitative estimate of drug-likeness (QED) is 0.572. The lowest BCUT2D eigenvalue weighted by atomic mass is 10.1. The number of rotatable bonds is 6. The third kappa shape index (κ3) is 5.20. The van der Waals surface area contributed by atoms with E-state index in [9.17, 15) is 8.42 Å². The fourth-order valence-corrected chi connectivity index (χ4v) is 3.52. The van der Waals surface area contributed by atoms with Crippen molar-refractivity contribution in [2.24, 2.45) is 10.9 Å². The number of sulfonamides is 1. The molecule has 24 heavy (non-hydrogen) atoms. The average Bonchev–Trinajstić information content (AvgIpc) is 3.09. The number of aliphatic imine (C=N–C) groups is 1. The number of nitrogens with zero attached hydrogens (tertiary/aromatic N) is 3. The van der Waals surface area contributed by atoms with Crippen molar-refractivity contribution in [3.05, 3.63) is 17.3 Å². The summed E-state index contributed by atoms with van der Waals surface area (Å²) in [6.07, 6.45) is 2.12. The van der Waals surface area contributed by atoms with Gasteiger partial charge in [0.2, 0.25) is 15.9 Å². The molecule has 0 spiro atoms. The van der Waals surface area contributed by atoms with Crippen molar-refractivity contribution in [1.82, 2.24) is 19.9 Å². The van der Waals surface area contributed by atoms with E-state index in [0.29, 0.717) is 38.0 Å². The molecule has 2 rings (SSSR count). The summed E-state index contributed by atoms with van der Waals surface area (Å²) in [5, 5.41) is 6.45. The van der Waals surface area contributed by atoms with Gasteiger partial charge in [0.25, 0.3) is 0 Å². The molecular formula is C15H27N5O3S. The maximum Gasteiger partial charge on any atom is 0.216 e. The largest absolute Gasteiger partial charge is 0.444 e. The van der Waals surface area contributed by atoms with Crippen LogP contribution in [0.25, 0.3) is 0 Å². The predicted molar refractivity (Wildman–Crippen MR) is 93.3 cm³/mol. The van der Waals surface area contributed by atoms with Gasteiger partial charge in [-0.05, 0) is 33.1 Å². The lowest BCUT2D eigenvalue weighted by Gasteiger charge is -2.16. The molecular weight excluding hydrogens is 330 g/mol. The van der Waals surface area contributed by atoms with Gasteiger partial charge < -0.3 is 15.1 Å². The van der Waals surface area contributed by atoms with Gasteiger partial charge in [-0.15, -0.1) is 0 Å². The SMILES string of the molecule is CCNC(=NCc1nc(C)c(C)o1)NCC1CCN(S(C)(=O)=O)C1. The van der Waals surface area contributed by atoms with E-state index in [2.05, 4.69) is 20.6 Å². The Bertz CT molecular complexity index is 664. The molecule has 1 atom stereocenters. The first-order chi connectivity index (χ1) is 11.3. The van der Waals surface area contributed by atoms with E-state index in [-0.39, 0.29) is 5.92 Å². The van der Waals surface area contributed by atoms with E-state index >= 15 is 0 Å². The van der Waals surface area contributed by atoms with Gasteiger partial charge in [0, 0.05) is 26.2 Å². The molecule has 1 aliphatic heterocycles. The molecule has 1 saturated heterocycles. The van der Waals surface area contributed by atoms with Crippen LogP contribution in [0.2, 0.25) is 0 Å². The molecule has 0 amide bonds. The smallest absolute Gasteiger partial charge is 0.216 e. The number of aromatic nitrogens is 1. The summed E-state index contributed by atoms with van der Waals surface area (Å²) in [6, 6.07) is 0. The topological polar surface area (TPSA) is 99.8 Å². The maximum absolute atomic E-state index is 11.6. The second-order valence-corrected chi connectivity index (χ2v) is 8.08. The van der Waals surface area contributed by atoms with E-state index in [1.807, 2.05) is 20.8 Å². The van der Waals surface area contributed by atoms with Gasteiger partial charge in [0.15, 0.2) is 5.96 Å². The van der Waals surface area contributed by atoms with E-state index in [0.717, 1.165) is 24.4 Å². The van der Waals surface area contributed by atoms with Crippen molar-refractivity contribution < 1.29 is 12.8 Å². The number of guanidine groups is 1. The molecule has 1 aliphatic rings. The molecule has 1 fully saturated rings. The summed E-state index contributed by atoms with van der Waals surface area (Å²) < 4.78 is 30.2. The zero-order valence-electron chi connectivity index (χ0n) is 14.8. The van der Waals surface area contributed by atoms with Gasteiger partial charge in [-0.3, -0.25) is 0 Å². The first-order valence-corrected chi connectivity index (χ1v) is 10.0. The summed E-state index contributed by atoms with van der Waals surface area (Å²) in [6.45, 7) is 8.73. The van der Waals surface area contributed by atoms with Crippen molar-refractivity contribution in [3.8, 4) is 0 Å². The maximum atomic E-state index is 11.6. The number of nitrogens with one attached hydrogen (secondary N) is 2. The molecule has 136 valence electrons. The average molecular weight is 357 g/mol. The second-order valence-electron chi connectivity index (χ2n) is 6.10. The Balaban J connectivity index is 1.88. The van der Waals surface area contributed by atoms with Crippen LogP contribution in [0.5, 0.6) is 0 Å². The molecule has 9 heteroatoms. The minimum Gasteiger partial charge on any atom is -0.444 e. The Labute approximate surface area is 143 Å². The highest BCUT2D eigenvalue weighted by atomic mass is 32.2. The van der Waals surface area contributed by atoms with Crippen molar-refractivity contribution >= 4 is 16.0 Å². The molecule has 0 radical (unpaired) electrons. The molecule has 1 unspecified atom stereocenters. The highest BCUT2D eigenvalue weighted by Crippen LogP contribution is 2.17. The summed E-state index contributed by atoms with van der Waals surface area (Å²) in [5.41, 5.74) is 0.880. The zero-order chi connectivity index (χ0) is 17.7. The van der Waals surface area contributed by atoms with Crippen molar-refractivity contribution in [1.29, 1.82) is 0 Å². The minimum atomic E-state index is -3.09. The zero-order valence-corrected chi connectivity index (χ0v) is 15.6. The van der Waals surface area contributed by atoms with Gasteiger partial charge in [-0.2, -0.15) is 0 Å². The number of aryl methyl sites for hydroxylation is 2. The van der Waals surface area contributed by atoms with Crippen LogP contribution in [0, 0.1) is 19.8 Å². The fraction of sp³-hybridized carbons (Fsp3) is 0.733. The monoisotopic (exact) mass is 357 g/mol. The normalized spacial score (nSPS) is 19.7. The third-order valence-electron chi connectivity index (χ3n) is 4.07. The van der Waals surface area contributed by atoms with Gasteiger partial charge >= 0.3 is 0 Å². The van der Waals surface area contributed by atoms with E-state index in [1.54, 1.807) is 0 Å². The number of hydrogen-bond acceptors (Lipinski definition) is 5. The Kier molecular flexibility index (Phi) is 6.22. The van der Waals surface area contributed by atoms with Crippen LogP contribution in [-0.2, 0) is 16.6 Å². The Morgan fingerprint density at radius 1 is 1.42 bits per heavy atom. The summed E-state index contributed by atoms with van der Waals surface area (Å²) in [4.78, 5) is 8.79. The van der Waals surface area contributed by atoms with Gasteiger partial charge in [0.05, 0.1) is 11.9 Å². The van der Waals surface area contributed by atoms with E-state index in [1.165, 1.54) is 10.6 Å². The fourth-order valence-electron chi connectivity index (χ4n) is 2.60. The molecule has 0 aliphatic carbocycles. The van der Waals surface area contributed by atoms with Gasteiger partial charge in [-0.1, -0.05) is 0 Å². The van der Waals surface area contributed by atoms with Crippen LogP contribution in [0.1, 0.15) is 30.7 Å². The molecule has 0 bridgehead atoms. The van der Waals surface area contributed by atoms with Crippen molar-refractivity contribution in [2.75, 3.05) is 32.4 Å². The predicted octanol–water partition coefficient (Wildman–Crippen LogP) is 0.628. The summed E-state index contributed by atoms with van der Waals surface area (Å²) >= 11 is 0. The van der Waals surface area contributed by atoms with Crippen molar-refractivity contribution in [3.63, 3.8) is 0 Å². The van der Waals surface area contributed by atoms with Crippen LogP contribution in [0.4, 0.5) is 0 Å².